The van der Waals surface area contributed by atoms with Gasteiger partial charge < -0.3 is 9.64 Å². The zero-order valence-corrected chi connectivity index (χ0v) is 13.8. The van der Waals surface area contributed by atoms with Gasteiger partial charge in [0.05, 0.1) is 11.6 Å². The Balaban J connectivity index is 3.03. The van der Waals surface area contributed by atoms with Gasteiger partial charge in [0.1, 0.15) is 11.4 Å². The second-order valence-corrected chi connectivity index (χ2v) is 5.83. The molecule has 1 unspecified atom stereocenters. The fraction of sp³-hybridized carbons (Fsp3) is 0.500. The summed E-state index contributed by atoms with van der Waals surface area (Å²) in [5.74, 6) is -0.774. The maximum absolute atomic E-state index is 13.3. The lowest BCUT2D eigenvalue weighted by Gasteiger charge is -2.29. The van der Waals surface area contributed by atoms with Gasteiger partial charge in [-0.25, -0.2) is 9.18 Å². The van der Waals surface area contributed by atoms with Crippen LogP contribution in [-0.4, -0.2) is 45.2 Å². The van der Waals surface area contributed by atoms with Crippen LogP contribution < -0.4 is 5.32 Å². The number of benzene rings is 1. The quantitative estimate of drug-likeness (QED) is 0.801. The Labute approximate surface area is 127 Å². The third-order valence-electron chi connectivity index (χ3n) is 3.13. The maximum atomic E-state index is 13.3. The van der Waals surface area contributed by atoms with Crippen molar-refractivity contribution >= 4 is 21.9 Å². The average Bonchev–Trinajstić information content (AvgIpc) is 2.40. The number of esters is 1. The Morgan fingerprint density at radius 1 is 1.50 bits per heavy atom. The largest absolute Gasteiger partial charge is 0.467 e. The van der Waals surface area contributed by atoms with E-state index in [0.29, 0.717) is 16.6 Å². The van der Waals surface area contributed by atoms with Crippen molar-refractivity contribution < 1.29 is 13.9 Å². The molecule has 0 bridgehead atoms. The van der Waals surface area contributed by atoms with E-state index in [1.807, 2.05) is 19.0 Å². The Bertz CT molecular complexity index is 482. The summed E-state index contributed by atoms with van der Waals surface area (Å²) in [6.07, 6.45) is 0. The minimum Gasteiger partial charge on any atom is -0.467 e. The molecule has 1 atom stereocenters. The van der Waals surface area contributed by atoms with E-state index >= 15 is 0 Å². The van der Waals surface area contributed by atoms with Crippen LogP contribution in [0.4, 0.5) is 4.39 Å². The van der Waals surface area contributed by atoms with Crippen LogP contribution in [0.15, 0.2) is 22.7 Å². The molecular weight excluding hydrogens is 327 g/mol. The molecule has 0 aliphatic carbocycles. The SMILES string of the molecule is COC(=O)C(C)(NCCN(C)C)c1ccc(F)c(Br)c1. The van der Waals surface area contributed by atoms with Crippen molar-refractivity contribution in [3.05, 3.63) is 34.1 Å². The molecule has 0 aliphatic rings. The van der Waals surface area contributed by atoms with E-state index in [1.54, 1.807) is 19.1 Å². The van der Waals surface area contributed by atoms with Crippen LogP contribution in [0.5, 0.6) is 0 Å². The highest BCUT2D eigenvalue weighted by atomic mass is 79.9. The van der Waals surface area contributed by atoms with Crippen molar-refractivity contribution in [1.29, 1.82) is 0 Å². The van der Waals surface area contributed by atoms with E-state index in [2.05, 4.69) is 21.2 Å². The van der Waals surface area contributed by atoms with Crippen molar-refractivity contribution in [3.8, 4) is 0 Å². The number of carbonyl (C=O) groups is 1. The van der Waals surface area contributed by atoms with Crippen LogP contribution in [0.25, 0.3) is 0 Å². The first-order chi connectivity index (χ1) is 9.31. The van der Waals surface area contributed by atoms with Crippen molar-refractivity contribution in [3.63, 3.8) is 0 Å². The molecule has 0 spiro atoms. The first kappa shape index (κ1) is 17.1. The van der Waals surface area contributed by atoms with Gasteiger partial charge in [0.25, 0.3) is 0 Å². The zero-order chi connectivity index (χ0) is 15.3. The van der Waals surface area contributed by atoms with Crippen LogP contribution in [0.1, 0.15) is 12.5 Å². The lowest BCUT2D eigenvalue weighted by atomic mass is 9.92. The third kappa shape index (κ3) is 4.01. The number of ether oxygens (including phenoxy) is 1. The molecular formula is C14H20BrFN2O2. The lowest BCUT2D eigenvalue weighted by Crippen LogP contribution is -2.49. The van der Waals surface area contributed by atoms with E-state index in [0.717, 1.165) is 6.54 Å². The predicted octanol–water partition coefficient (Wildman–Crippen LogP) is 2.13. The maximum Gasteiger partial charge on any atom is 0.330 e. The summed E-state index contributed by atoms with van der Waals surface area (Å²) in [6.45, 7) is 3.11. The van der Waals surface area contributed by atoms with Gasteiger partial charge >= 0.3 is 5.97 Å². The van der Waals surface area contributed by atoms with Crippen LogP contribution in [0.2, 0.25) is 0 Å². The summed E-state index contributed by atoms with van der Waals surface area (Å²) in [7, 11) is 5.24. The number of hydrogen-bond acceptors (Lipinski definition) is 4. The highest BCUT2D eigenvalue weighted by molar-refractivity contribution is 9.10. The average molecular weight is 347 g/mol. The molecule has 0 aliphatic heterocycles. The molecule has 0 saturated heterocycles. The first-order valence-corrected chi connectivity index (χ1v) is 7.04. The van der Waals surface area contributed by atoms with Crippen LogP contribution in [-0.2, 0) is 15.1 Å². The monoisotopic (exact) mass is 346 g/mol. The number of carbonyl (C=O) groups excluding carboxylic acids is 1. The van der Waals surface area contributed by atoms with Crippen molar-refractivity contribution in [1.82, 2.24) is 10.2 Å². The highest BCUT2D eigenvalue weighted by Crippen LogP contribution is 2.26. The van der Waals surface area contributed by atoms with E-state index in [-0.39, 0.29) is 5.82 Å². The van der Waals surface area contributed by atoms with Gasteiger partial charge in [-0.05, 0) is 54.6 Å². The van der Waals surface area contributed by atoms with Gasteiger partial charge in [-0.15, -0.1) is 0 Å². The van der Waals surface area contributed by atoms with Gasteiger partial charge in [-0.2, -0.15) is 0 Å². The topological polar surface area (TPSA) is 41.6 Å². The third-order valence-corrected chi connectivity index (χ3v) is 3.74. The van der Waals surface area contributed by atoms with E-state index in [4.69, 9.17) is 4.74 Å². The molecule has 6 heteroatoms. The molecule has 0 saturated carbocycles. The number of halogens is 2. The fourth-order valence-corrected chi connectivity index (χ4v) is 2.21. The standard InChI is InChI=1S/C14H20BrFN2O2/c1-14(13(19)20-4,17-7-8-18(2)3)10-5-6-12(16)11(15)9-10/h5-6,9,17H,7-8H2,1-4H3. The number of nitrogens with zero attached hydrogens (tertiary/aromatic N) is 1. The Morgan fingerprint density at radius 2 is 2.15 bits per heavy atom. The summed E-state index contributed by atoms with van der Waals surface area (Å²) in [5.41, 5.74) is -0.363. The molecule has 0 fully saturated rings. The second-order valence-electron chi connectivity index (χ2n) is 4.98. The number of likely N-dealkylation sites (N-methyl/N-ethyl adjacent to an activating group) is 1. The summed E-state index contributed by atoms with van der Waals surface area (Å²) in [6, 6.07) is 4.50. The Morgan fingerprint density at radius 3 is 2.65 bits per heavy atom. The van der Waals surface area contributed by atoms with Crippen LogP contribution in [0, 0.1) is 5.82 Å². The van der Waals surface area contributed by atoms with Crippen molar-refractivity contribution in [2.45, 2.75) is 12.5 Å². The van der Waals surface area contributed by atoms with Crippen molar-refractivity contribution in [2.24, 2.45) is 0 Å². The van der Waals surface area contributed by atoms with Gasteiger partial charge in [-0.3, -0.25) is 5.32 Å². The van der Waals surface area contributed by atoms with Gasteiger partial charge in [-0.1, -0.05) is 6.07 Å². The van der Waals surface area contributed by atoms with Crippen LogP contribution >= 0.6 is 15.9 Å². The van der Waals surface area contributed by atoms with E-state index in [9.17, 15) is 9.18 Å². The number of methoxy groups -OCH3 is 1. The second kappa shape index (κ2) is 7.15. The smallest absolute Gasteiger partial charge is 0.330 e. The molecule has 0 radical (unpaired) electrons. The number of rotatable bonds is 6. The molecule has 4 nitrogen and oxygen atoms in total. The lowest BCUT2D eigenvalue weighted by molar-refractivity contribution is -0.148. The molecule has 20 heavy (non-hydrogen) atoms. The van der Waals surface area contributed by atoms with Crippen LogP contribution in [0.3, 0.4) is 0 Å². The Kier molecular flexibility index (Phi) is 6.10. The molecule has 1 N–H and O–H groups in total. The molecule has 0 heterocycles. The van der Waals surface area contributed by atoms with E-state index < -0.39 is 11.5 Å². The molecule has 0 amide bonds. The highest BCUT2D eigenvalue weighted by Gasteiger charge is 2.36. The predicted molar refractivity (Wildman–Crippen MR) is 80.0 cm³/mol. The summed E-state index contributed by atoms with van der Waals surface area (Å²) in [4.78, 5) is 14.1. The number of nitrogens with one attached hydrogen (secondary N) is 1. The minimum atomic E-state index is -1.01. The molecule has 1 aromatic carbocycles. The summed E-state index contributed by atoms with van der Waals surface area (Å²) >= 11 is 3.14. The normalized spacial score (nSPS) is 14.2. The first-order valence-electron chi connectivity index (χ1n) is 6.25. The van der Waals surface area contributed by atoms with E-state index in [1.165, 1.54) is 13.2 Å². The molecule has 0 aromatic heterocycles. The zero-order valence-electron chi connectivity index (χ0n) is 12.2. The summed E-state index contributed by atoms with van der Waals surface area (Å²) in [5, 5.41) is 3.18. The van der Waals surface area contributed by atoms with Crippen molar-refractivity contribution in [2.75, 3.05) is 34.3 Å². The molecule has 1 rings (SSSR count). The number of hydrogen-bond donors (Lipinski definition) is 1. The Hall–Kier alpha value is -0.980. The van der Waals surface area contributed by atoms with Gasteiger partial charge in [0.2, 0.25) is 0 Å². The summed E-state index contributed by atoms with van der Waals surface area (Å²) < 4.78 is 18.5. The van der Waals surface area contributed by atoms with Gasteiger partial charge in [0, 0.05) is 13.1 Å². The minimum absolute atomic E-state index is 0.319. The van der Waals surface area contributed by atoms with Gasteiger partial charge in [0.15, 0.2) is 0 Å². The fourth-order valence-electron chi connectivity index (χ4n) is 1.83. The molecule has 1 aromatic rings. The molecule has 112 valence electrons.